The molecule has 5 nitrogen and oxygen atoms in total. The number of hydrogen-bond acceptors (Lipinski definition) is 3. The first-order chi connectivity index (χ1) is 15.7. The van der Waals surface area contributed by atoms with Gasteiger partial charge in [0, 0.05) is 10.0 Å². The molecular formula is C25H21Cl2NO4S. The Hall–Kier alpha value is -2.64. The minimum Gasteiger partial charge on any atom is -0.478 e. The summed E-state index contributed by atoms with van der Waals surface area (Å²) in [6, 6.07) is 18.4. The molecule has 0 spiro atoms. The maximum atomic E-state index is 14.0. The van der Waals surface area contributed by atoms with Crippen LogP contribution in [-0.4, -0.2) is 23.8 Å². The largest absolute Gasteiger partial charge is 0.478 e. The Balaban J connectivity index is 1.96. The third-order valence-corrected chi connectivity index (χ3v) is 8.09. The monoisotopic (exact) mass is 501 g/mol. The molecule has 0 unspecified atom stereocenters. The summed E-state index contributed by atoms with van der Waals surface area (Å²) in [5.41, 5.74) is 2.29. The van der Waals surface area contributed by atoms with Crippen molar-refractivity contribution in [1.82, 2.24) is 4.31 Å². The quantitative estimate of drug-likeness (QED) is 0.452. The molecule has 8 heteroatoms. The van der Waals surface area contributed by atoms with Crippen LogP contribution in [0.25, 0.3) is 0 Å². The Kier molecular flexibility index (Phi) is 6.64. The summed E-state index contributed by atoms with van der Waals surface area (Å²) < 4.78 is 29.3. The van der Waals surface area contributed by atoms with Gasteiger partial charge in [0.1, 0.15) is 0 Å². The maximum Gasteiger partial charge on any atom is 0.333 e. The summed E-state index contributed by atoms with van der Waals surface area (Å²) >= 11 is 12.0. The summed E-state index contributed by atoms with van der Waals surface area (Å²) in [4.78, 5) is 12.3. The fourth-order valence-electron chi connectivity index (χ4n) is 4.05. The van der Waals surface area contributed by atoms with Crippen molar-refractivity contribution >= 4 is 39.2 Å². The van der Waals surface area contributed by atoms with Gasteiger partial charge in [0.15, 0.2) is 0 Å². The van der Waals surface area contributed by atoms with Gasteiger partial charge in [-0.15, -0.1) is 0 Å². The van der Waals surface area contributed by atoms with Crippen molar-refractivity contribution in [2.45, 2.75) is 30.3 Å². The highest BCUT2D eigenvalue weighted by Crippen LogP contribution is 2.45. The van der Waals surface area contributed by atoms with Crippen molar-refractivity contribution in [3.05, 3.63) is 111 Å². The van der Waals surface area contributed by atoms with Gasteiger partial charge in [-0.05, 0) is 60.9 Å². The molecule has 3 aromatic carbocycles. The number of carboxylic acid groups (broad SMARTS) is 1. The number of nitrogens with zero attached hydrogens (tertiary/aromatic N) is 1. The molecule has 33 heavy (non-hydrogen) atoms. The van der Waals surface area contributed by atoms with Gasteiger partial charge in [0.25, 0.3) is 0 Å². The smallest absolute Gasteiger partial charge is 0.333 e. The van der Waals surface area contributed by atoms with E-state index in [1.165, 1.54) is 28.6 Å². The van der Waals surface area contributed by atoms with Crippen LogP contribution in [0.1, 0.15) is 35.2 Å². The van der Waals surface area contributed by atoms with Crippen LogP contribution in [0.15, 0.2) is 89.3 Å². The highest BCUT2D eigenvalue weighted by molar-refractivity contribution is 7.89. The van der Waals surface area contributed by atoms with Crippen LogP contribution < -0.4 is 0 Å². The molecule has 1 heterocycles. The molecule has 1 aliphatic rings. The van der Waals surface area contributed by atoms with Crippen molar-refractivity contribution in [3.63, 3.8) is 0 Å². The maximum absolute atomic E-state index is 14.0. The predicted molar refractivity (Wildman–Crippen MR) is 129 cm³/mol. The zero-order valence-electron chi connectivity index (χ0n) is 17.7. The third-order valence-electron chi connectivity index (χ3n) is 5.70. The normalized spacial score (nSPS) is 19.2. The van der Waals surface area contributed by atoms with Crippen molar-refractivity contribution in [1.29, 1.82) is 0 Å². The molecule has 4 rings (SSSR count). The molecule has 0 bridgehead atoms. The summed E-state index contributed by atoms with van der Waals surface area (Å²) in [5, 5.41) is 10.9. The molecule has 170 valence electrons. The molecule has 3 aromatic rings. The Labute approximate surface area is 202 Å². The van der Waals surface area contributed by atoms with Crippen LogP contribution in [0.2, 0.25) is 10.0 Å². The van der Waals surface area contributed by atoms with Gasteiger partial charge in [-0.1, -0.05) is 71.2 Å². The third kappa shape index (κ3) is 4.70. The molecule has 1 N–H and O–H groups in total. The number of rotatable bonds is 5. The number of halogens is 2. The van der Waals surface area contributed by atoms with Crippen LogP contribution in [0.5, 0.6) is 0 Å². The molecule has 0 amide bonds. The topological polar surface area (TPSA) is 74.7 Å². The first-order valence-electron chi connectivity index (χ1n) is 10.2. The fraction of sp³-hybridized carbons (Fsp3) is 0.160. The number of carboxylic acids is 1. The van der Waals surface area contributed by atoms with Crippen LogP contribution >= 0.6 is 23.2 Å². The van der Waals surface area contributed by atoms with Crippen molar-refractivity contribution in [2.75, 3.05) is 0 Å². The van der Waals surface area contributed by atoms with E-state index < -0.39 is 28.1 Å². The Morgan fingerprint density at radius 2 is 1.39 bits per heavy atom. The highest BCUT2D eigenvalue weighted by atomic mass is 35.5. The molecule has 0 aliphatic carbocycles. The second-order valence-corrected chi connectivity index (χ2v) is 10.6. The molecule has 0 fully saturated rings. The summed E-state index contributed by atoms with van der Waals surface area (Å²) in [6.07, 6.45) is 1.82. The van der Waals surface area contributed by atoms with E-state index in [0.717, 1.165) is 11.1 Å². The second kappa shape index (κ2) is 9.31. The fourth-order valence-corrected chi connectivity index (χ4v) is 6.08. The average molecular weight is 502 g/mol. The molecule has 0 radical (unpaired) electrons. The summed E-state index contributed by atoms with van der Waals surface area (Å²) in [6.45, 7) is 1.91. The minimum absolute atomic E-state index is 0.0154. The zero-order chi connectivity index (χ0) is 23.8. The lowest BCUT2D eigenvalue weighted by molar-refractivity contribution is -0.133. The number of aliphatic carboxylic acids is 1. The van der Waals surface area contributed by atoms with Crippen LogP contribution in [0.4, 0.5) is 0 Å². The van der Waals surface area contributed by atoms with E-state index in [1.807, 2.05) is 19.1 Å². The molecule has 2 atom stereocenters. The van der Waals surface area contributed by atoms with E-state index in [2.05, 4.69) is 0 Å². The number of sulfonamides is 1. The lowest BCUT2D eigenvalue weighted by Gasteiger charge is -2.40. The van der Waals surface area contributed by atoms with Crippen molar-refractivity contribution in [3.8, 4) is 0 Å². The van der Waals surface area contributed by atoms with Gasteiger partial charge < -0.3 is 5.11 Å². The predicted octanol–water partition coefficient (Wildman–Crippen LogP) is 6.19. The van der Waals surface area contributed by atoms with Crippen molar-refractivity contribution < 1.29 is 18.3 Å². The van der Waals surface area contributed by atoms with Crippen LogP contribution in [0, 0.1) is 6.92 Å². The first kappa shape index (κ1) is 23.5. The van der Waals surface area contributed by atoms with Gasteiger partial charge in [0.2, 0.25) is 10.0 Å². The van der Waals surface area contributed by atoms with E-state index in [0.29, 0.717) is 15.6 Å². The van der Waals surface area contributed by atoms with E-state index in [-0.39, 0.29) is 16.9 Å². The highest BCUT2D eigenvalue weighted by Gasteiger charge is 2.44. The molecular weight excluding hydrogens is 481 g/mol. The lowest BCUT2D eigenvalue weighted by Crippen LogP contribution is -2.42. The average Bonchev–Trinajstić information content (AvgIpc) is 2.79. The van der Waals surface area contributed by atoms with Gasteiger partial charge >= 0.3 is 5.97 Å². The van der Waals surface area contributed by atoms with Gasteiger partial charge in [0.05, 0.1) is 22.6 Å². The number of carbonyl (C=O) groups is 1. The molecule has 0 aromatic heterocycles. The standard InChI is InChI=1S/C25H21Cl2NO4S/c1-16-2-4-18(5-3-16)24-22(25(29)30)14-15-23(17-6-8-19(26)9-7-17)28(24)33(31,32)21-12-10-20(27)11-13-21/h2-14,23-24H,15H2,1H3,(H,29,30)/t23-,24-/m0/s1. The van der Waals surface area contributed by atoms with E-state index >= 15 is 0 Å². The molecule has 0 saturated heterocycles. The van der Waals surface area contributed by atoms with Crippen LogP contribution in [0.3, 0.4) is 0 Å². The Morgan fingerprint density at radius 3 is 1.94 bits per heavy atom. The zero-order valence-corrected chi connectivity index (χ0v) is 20.0. The van der Waals surface area contributed by atoms with E-state index in [9.17, 15) is 18.3 Å². The van der Waals surface area contributed by atoms with Crippen LogP contribution in [-0.2, 0) is 14.8 Å². The number of benzene rings is 3. The molecule has 0 saturated carbocycles. The Bertz CT molecular complexity index is 1300. The second-order valence-electron chi connectivity index (χ2n) is 7.87. The van der Waals surface area contributed by atoms with Gasteiger partial charge in [-0.2, -0.15) is 4.31 Å². The van der Waals surface area contributed by atoms with Gasteiger partial charge in [-0.3, -0.25) is 0 Å². The number of hydrogen-bond donors (Lipinski definition) is 1. The lowest BCUT2D eigenvalue weighted by atomic mass is 9.89. The van der Waals surface area contributed by atoms with Gasteiger partial charge in [-0.25, -0.2) is 13.2 Å². The van der Waals surface area contributed by atoms with E-state index in [4.69, 9.17) is 23.2 Å². The van der Waals surface area contributed by atoms with E-state index in [1.54, 1.807) is 42.5 Å². The summed E-state index contributed by atoms with van der Waals surface area (Å²) in [7, 11) is -4.12. The molecule has 1 aliphatic heterocycles. The SMILES string of the molecule is Cc1ccc([C@H]2C(C(=O)O)=CC[C@@H](c3ccc(Cl)cc3)N2S(=O)(=O)c2ccc(Cl)cc2)cc1. The minimum atomic E-state index is -4.12. The Morgan fingerprint density at radius 1 is 0.879 bits per heavy atom. The number of aryl methyl sites for hydroxylation is 1. The van der Waals surface area contributed by atoms with Crippen molar-refractivity contribution in [2.24, 2.45) is 0 Å². The first-order valence-corrected chi connectivity index (χ1v) is 12.4. The summed E-state index contributed by atoms with van der Waals surface area (Å²) in [5.74, 6) is -1.16.